The number of aromatic carboxylic acids is 1. The molecule has 3 heteroatoms. The second-order valence-corrected chi connectivity index (χ2v) is 8.54. The molecule has 0 saturated heterocycles. The molecule has 0 unspecified atom stereocenters. The predicted octanol–water partition coefficient (Wildman–Crippen LogP) is 5.63. The summed E-state index contributed by atoms with van der Waals surface area (Å²) in [6, 6.07) is 22.4. The third-order valence-corrected chi connectivity index (χ3v) is 6.42. The van der Waals surface area contributed by atoms with Gasteiger partial charge in [0.2, 0.25) is 0 Å². The van der Waals surface area contributed by atoms with Crippen LogP contribution in [-0.2, 0) is 31.1 Å². The lowest BCUT2D eigenvalue weighted by atomic mass is 9.76. The van der Waals surface area contributed by atoms with Crippen molar-refractivity contribution in [1.82, 2.24) is 0 Å². The summed E-state index contributed by atoms with van der Waals surface area (Å²) in [6.07, 6.45) is 5.19. The molecule has 0 spiro atoms. The van der Waals surface area contributed by atoms with Crippen LogP contribution in [0.2, 0.25) is 0 Å². The van der Waals surface area contributed by atoms with Crippen LogP contribution in [0.1, 0.15) is 51.5 Å². The molecule has 0 radical (unpaired) electrons. The molecule has 0 aromatic heterocycles. The van der Waals surface area contributed by atoms with Gasteiger partial charge in [-0.1, -0.05) is 49.4 Å². The van der Waals surface area contributed by atoms with Gasteiger partial charge in [0.15, 0.2) is 0 Å². The van der Waals surface area contributed by atoms with E-state index in [1.54, 1.807) is 19.2 Å². The monoisotopic (exact) mass is 400 g/mol. The zero-order valence-electron chi connectivity index (χ0n) is 17.7. The molecule has 3 nitrogen and oxygen atoms in total. The molecule has 30 heavy (non-hydrogen) atoms. The number of ether oxygens (including phenoxy) is 1. The van der Waals surface area contributed by atoms with E-state index < -0.39 is 5.97 Å². The van der Waals surface area contributed by atoms with E-state index in [0.717, 1.165) is 31.4 Å². The summed E-state index contributed by atoms with van der Waals surface area (Å²) in [6.45, 7) is 2.40. The van der Waals surface area contributed by atoms with Gasteiger partial charge in [0.25, 0.3) is 0 Å². The van der Waals surface area contributed by atoms with Gasteiger partial charge in [-0.25, -0.2) is 4.79 Å². The highest BCUT2D eigenvalue weighted by Crippen LogP contribution is 2.43. The number of methoxy groups -OCH3 is 1. The van der Waals surface area contributed by atoms with E-state index in [-0.39, 0.29) is 5.41 Å². The van der Waals surface area contributed by atoms with Crippen LogP contribution in [-0.4, -0.2) is 18.2 Å². The van der Waals surface area contributed by atoms with Crippen molar-refractivity contribution in [3.63, 3.8) is 0 Å². The highest BCUT2D eigenvalue weighted by molar-refractivity contribution is 5.87. The van der Waals surface area contributed by atoms with Gasteiger partial charge in [-0.2, -0.15) is 0 Å². The third-order valence-electron chi connectivity index (χ3n) is 6.42. The second-order valence-electron chi connectivity index (χ2n) is 8.54. The minimum Gasteiger partial charge on any atom is -0.497 e. The maximum atomic E-state index is 11.1. The van der Waals surface area contributed by atoms with E-state index in [2.05, 4.69) is 37.3 Å². The molecule has 1 aliphatic carbocycles. The first kappa shape index (κ1) is 20.2. The summed E-state index contributed by atoms with van der Waals surface area (Å²) in [5.74, 6) is 0.0158. The van der Waals surface area contributed by atoms with Gasteiger partial charge in [0, 0.05) is 0 Å². The second kappa shape index (κ2) is 8.35. The average Bonchev–Trinajstić information content (AvgIpc) is 3.10. The zero-order valence-corrected chi connectivity index (χ0v) is 17.7. The van der Waals surface area contributed by atoms with E-state index in [0.29, 0.717) is 5.56 Å². The molecule has 1 N–H and O–H groups in total. The van der Waals surface area contributed by atoms with Gasteiger partial charge in [0.05, 0.1) is 12.7 Å². The van der Waals surface area contributed by atoms with E-state index in [4.69, 9.17) is 9.84 Å². The fraction of sp³-hybridized carbons (Fsp3) is 0.296. The summed E-state index contributed by atoms with van der Waals surface area (Å²) >= 11 is 0. The van der Waals surface area contributed by atoms with Crippen LogP contribution >= 0.6 is 0 Å². The van der Waals surface area contributed by atoms with Crippen LogP contribution in [0.15, 0.2) is 66.7 Å². The maximum Gasteiger partial charge on any atom is 0.335 e. The number of hydrogen-bond acceptors (Lipinski definition) is 2. The molecule has 4 rings (SSSR count). The minimum atomic E-state index is -0.878. The quantitative estimate of drug-likeness (QED) is 0.559. The number of benzene rings is 3. The van der Waals surface area contributed by atoms with Crippen molar-refractivity contribution < 1.29 is 14.6 Å². The Bertz CT molecular complexity index is 1030. The fourth-order valence-electron chi connectivity index (χ4n) is 4.84. The normalized spacial score (nSPS) is 17.5. The van der Waals surface area contributed by atoms with Gasteiger partial charge < -0.3 is 9.84 Å². The van der Waals surface area contributed by atoms with Crippen LogP contribution < -0.4 is 4.74 Å². The lowest BCUT2D eigenvalue weighted by Gasteiger charge is -2.28. The number of fused-ring (bicyclic) bond motifs is 1. The Balaban J connectivity index is 1.55. The number of rotatable bonds is 7. The van der Waals surface area contributed by atoms with Gasteiger partial charge >= 0.3 is 5.97 Å². The van der Waals surface area contributed by atoms with E-state index in [9.17, 15) is 4.79 Å². The van der Waals surface area contributed by atoms with Crippen LogP contribution in [0.5, 0.6) is 5.75 Å². The summed E-state index contributed by atoms with van der Waals surface area (Å²) in [5.41, 5.74) is 7.40. The predicted molar refractivity (Wildman–Crippen MR) is 120 cm³/mol. The summed E-state index contributed by atoms with van der Waals surface area (Å²) in [7, 11) is 1.70. The highest BCUT2D eigenvalue weighted by Gasteiger charge is 2.36. The van der Waals surface area contributed by atoms with Gasteiger partial charge in [-0.3, -0.25) is 0 Å². The summed E-state index contributed by atoms with van der Waals surface area (Å²) in [5, 5.41) is 9.09. The molecule has 0 aliphatic heterocycles. The van der Waals surface area contributed by atoms with Gasteiger partial charge in [-0.15, -0.1) is 0 Å². The molecule has 3 aromatic carbocycles. The molecule has 3 aromatic rings. The van der Waals surface area contributed by atoms with Crippen molar-refractivity contribution in [2.75, 3.05) is 7.11 Å². The molecule has 154 valence electrons. The lowest BCUT2D eigenvalue weighted by molar-refractivity contribution is 0.0697. The van der Waals surface area contributed by atoms with Gasteiger partial charge in [-0.05, 0) is 89.6 Å². The Kier molecular flexibility index (Phi) is 5.63. The average molecular weight is 401 g/mol. The van der Waals surface area contributed by atoms with Crippen molar-refractivity contribution in [1.29, 1.82) is 0 Å². The molecule has 0 fully saturated rings. The highest BCUT2D eigenvalue weighted by atomic mass is 16.5. The van der Waals surface area contributed by atoms with Crippen LogP contribution in [0.25, 0.3) is 0 Å². The Morgan fingerprint density at radius 1 is 0.967 bits per heavy atom. The first-order chi connectivity index (χ1) is 14.5. The Morgan fingerprint density at radius 3 is 2.33 bits per heavy atom. The summed E-state index contributed by atoms with van der Waals surface area (Å²) < 4.78 is 5.30. The molecule has 1 aliphatic rings. The van der Waals surface area contributed by atoms with Crippen molar-refractivity contribution in [2.45, 2.75) is 44.4 Å². The Morgan fingerprint density at radius 2 is 1.67 bits per heavy atom. The summed E-state index contributed by atoms with van der Waals surface area (Å²) in [4.78, 5) is 11.1. The number of carboxylic acids is 1. The Hall–Kier alpha value is -3.07. The van der Waals surface area contributed by atoms with E-state index in [1.807, 2.05) is 24.3 Å². The van der Waals surface area contributed by atoms with Crippen molar-refractivity contribution in [3.05, 3.63) is 100 Å². The first-order valence-corrected chi connectivity index (χ1v) is 10.5. The topological polar surface area (TPSA) is 46.5 Å². The van der Waals surface area contributed by atoms with Gasteiger partial charge in [0.1, 0.15) is 5.75 Å². The molecule has 0 bridgehead atoms. The van der Waals surface area contributed by atoms with Crippen molar-refractivity contribution >= 4 is 5.97 Å². The standard InChI is InChI=1S/C27H28O3/c1-27(18-20-9-14-24(30-2)15-10-20)17-16-22-5-3-4-21(25(22)27)11-6-19-7-12-23(13-8-19)26(28)29/h3-5,7-10,12-15H,6,11,16-18H2,1-2H3,(H,28,29)/t27-/m1/s1. The largest absolute Gasteiger partial charge is 0.497 e. The van der Waals surface area contributed by atoms with Crippen LogP contribution in [0.4, 0.5) is 0 Å². The van der Waals surface area contributed by atoms with Crippen molar-refractivity contribution in [2.24, 2.45) is 0 Å². The number of hydrogen-bond donors (Lipinski definition) is 1. The van der Waals surface area contributed by atoms with E-state index in [1.165, 1.54) is 34.2 Å². The lowest BCUT2D eigenvalue weighted by Crippen LogP contribution is -2.23. The zero-order chi connectivity index (χ0) is 21.1. The van der Waals surface area contributed by atoms with E-state index >= 15 is 0 Å². The van der Waals surface area contributed by atoms with Crippen molar-refractivity contribution in [3.8, 4) is 5.75 Å². The molecule has 0 heterocycles. The molecular weight excluding hydrogens is 372 g/mol. The van der Waals surface area contributed by atoms with Crippen LogP contribution in [0.3, 0.4) is 0 Å². The molecule has 0 amide bonds. The maximum absolute atomic E-state index is 11.1. The number of carbonyl (C=O) groups is 1. The Labute approximate surface area is 178 Å². The fourth-order valence-corrected chi connectivity index (χ4v) is 4.84. The minimum absolute atomic E-state index is 0.133. The van der Waals surface area contributed by atoms with Crippen LogP contribution in [0, 0.1) is 0 Å². The smallest absolute Gasteiger partial charge is 0.335 e. The molecule has 0 saturated carbocycles. The third kappa shape index (κ3) is 4.11. The molecule has 1 atom stereocenters. The number of aryl methyl sites for hydroxylation is 3. The first-order valence-electron chi connectivity index (χ1n) is 10.5. The SMILES string of the molecule is COc1ccc(C[C@@]2(C)CCc3cccc(CCc4ccc(C(=O)O)cc4)c32)cc1. The molecular formula is C27H28O3. The number of carboxylic acid groups (broad SMARTS) is 1.